The van der Waals surface area contributed by atoms with Crippen LogP contribution in [0.15, 0.2) is 211 Å². The molecule has 0 radical (unpaired) electrons. The summed E-state index contributed by atoms with van der Waals surface area (Å²) >= 11 is 0. The van der Waals surface area contributed by atoms with Gasteiger partial charge >= 0.3 is 0 Å². The molecule has 5 heteroatoms. The molecule has 0 aliphatic carbocycles. The van der Waals surface area contributed by atoms with Crippen LogP contribution >= 0.6 is 0 Å². The summed E-state index contributed by atoms with van der Waals surface area (Å²) in [5.74, 6) is 1.76. The van der Waals surface area contributed by atoms with Crippen molar-refractivity contribution in [2.75, 3.05) is 0 Å². The van der Waals surface area contributed by atoms with Gasteiger partial charge in [0.05, 0.1) is 22.1 Å². The van der Waals surface area contributed by atoms with E-state index >= 15 is 0 Å². The lowest BCUT2D eigenvalue weighted by molar-refractivity contribution is 0.669. The van der Waals surface area contributed by atoms with Crippen LogP contribution < -0.4 is 0 Å². The molecule has 62 heavy (non-hydrogen) atoms. The minimum atomic E-state index is 0.560. The largest absolute Gasteiger partial charge is 0.456 e. The molecule has 0 fully saturated rings. The Morgan fingerprint density at radius 3 is 1.74 bits per heavy atom. The lowest BCUT2D eigenvalue weighted by Gasteiger charge is -2.14. The van der Waals surface area contributed by atoms with Gasteiger partial charge in [-0.2, -0.15) is 0 Å². The first-order chi connectivity index (χ1) is 30.7. The van der Waals surface area contributed by atoms with Gasteiger partial charge in [0.2, 0.25) is 0 Å². The first kappa shape index (κ1) is 34.5. The van der Waals surface area contributed by atoms with Gasteiger partial charge in [0, 0.05) is 38.2 Å². The van der Waals surface area contributed by atoms with Crippen LogP contribution in [0, 0.1) is 0 Å². The molecule has 3 heterocycles. The molecule has 0 saturated heterocycles. The number of hydrogen-bond donors (Lipinski definition) is 0. The smallest absolute Gasteiger partial charge is 0.164 e. The quantitative estimate of drug-likeness (QED) is 0.174. The predicted octanol–water partition coefficient (Wildman–Crippen LogP) is 15.0. The lowest BCUT2D eigenvalue weighted by Crippen LogP contribution is -2.02. The van der Waals surface area contributed by atoms with Gasteiger partial charge < -0.3 is 8.98 Å². The van der Waals surface area contributed by atoms with Crippen molar-refractivity contribution in [2.24, 2.45) is 0 Å². The van der Waals surface area contributed by atoms with Gasteiger partial charge in [0.15, 0.2) is 17.5 Å². The van der Waals surface area contributed by atoms with Crippen molar-refractivity contribution in [3.05, 3.63) is 206 Å². The Morgan fingerprint density at radius 2 is 0.935 bits per heavy atom. The number of hydrogen-bond acceptors (Lipinski definition) is 4. The van der Waals surface area contributed by atoms with Crippen LogP contribution in [0.3, 0.4) is 0 Å². The molecule has 3 aromatic heterocycles. The second kappa shape index (κ2) is 13.6. The third-order valence-electron chi connectivity index (χ3n) is 12.4. The van der Waals surface area contributed by atoms with Crippen LogP contribution in [0.2, 0.25) is 0 Å². The minimum absolute atomic E-state index is 0.560. The number of fused-ring (bicyclic) bond motifs is 10. The van der Waals surface area contributed by atoms with E-state index in [4.69, 9.17) is 19.4 Å². The highest BCUT2D eigenvalue weighted by molar-refractivity contribution is 6.22. The van der Waals surface area contributed by atoms with Gasteiger partial charge in [-0.25, -0.2) is 15.0 Å². The third-order valence-corrected chi connectivity index (χ3v) is 12.4. The van der Waals surface area contributed by atoms with Crippen LogP contribution in [-0.2, 0) is 0 Å². The predicted molar refractivity (Wildman–Crippen MR) is 256 cm³/mol. The van der Waals surface area contributed by atoms with Gasteiger partial charge in [-0.15, -0.1) is 0 Å². The maximum atomic E-state index is 6.79. The topological polar surface area (TPSA) is 56.7 Å². The summed E-state index contributed by atoms with van der Waals surface area (Å²) in [6.45, 7) is 0. The Balaban J connectivity index is 1.12. The summed E-state index contributed by atoms with van der Waals surface area (Å²) in [5.41, 5.74) is 9.80. The molecule has 0 aliphatic rings. The summed E-state index contributed by atoms with van der Waals surface area (Å²) in [5, 5.41) is 11.4. The molecular formula is C57H34N4O. The summed E-state index contributed by atoms with van der Waals surface area (Å²) in [6.07, 6.45) is 0. The number of rotatable bonds is 5. The molecule has 288 valence electrons. The van der Waals surface area contributed by atoms with E-state index in [2.05, 4.69) is 193 Å². The molecule has 0 spiro atoms. The van der Waals surface area contributed by atoms with Gasteiger partial charge in [0.25, 0.3) is 0 Å². The van der Waals surface area contributed by atoms with E-state index in [0.717, 1.165) is 77.2 Å². The van der Waals surface area contributed by atoms with Crippen molar-refractivity contribution < 1.29 is 4.42 Å². The number of benzene rings is 10. The Labute approximate surface area is 355 Å². The summed E-state index contributed by atoms with van der Waals surface area (Å²) in [4.78, 5) is 15.9. The molecule has 0 N–H and O–H groups in total. The monoisotopic (exact) mass is 790 g/mol. The molecule has 10 aromatic carbocycles. The fourth-order valence-corrected chi connectivity index (χ4v) is 9.47. The molecule has 5 nitrogen and oxygen atoms in total. The van der Waals surface area contributed by atoms with Gasteiger partial charge in [-0.1, -0.05) is 176 Å². The summed E-state index contributed by atoms with van der Waals surface area (Å²) in [6, 6.07) is 72.8. The normalized spacial score (nSPS) is 11.9. The van der Waals surface area contributed by atoms with Crippen molar-refractivity contribution in [1.29, 1.82) is 0 Å². The minimum Gasteiger partial charge on any atom is -0.456 e. The van der Waals surface area contributed by atoms with E-state index in [9.17, 15) is 0 Å². The van der Waals surface area contributed by atoms with Crippen molar-refractivity contribution in [1.82, 2.24) is 19.5 Å². The Morgan fingerprint density at radius 1 is 0.339 bits per heavy atom. The fourth-order valence-electron chi connectivity index (χ4n) is 9.47. The number of furan rings is 1. The molecule has 0 unspecified atom stereocenters. The second-order valence-electron chi connectivity index (χ2n) is 16.0. The zero-order valence-electron chi connectivity index (χ0n) is 33.3. The number of nitrogens with zero attached hydrogens (tertiary/aromatic N) is 4. The Bertz CT molecular complexity index is 3910. The Kier molecular flexibility index (Phi) is 7.54. The molecule has 0 bridgehead atoms. The Hall–Kier alpha value is -8.41. The van der Waals surface area contributed by atoms with E-state index in [1.807, 2.05) is 18.2 Å². The van der Waals surface area contributed by atoms with Crippen molar-refractivity contribution in [2.45, 2.75) is 0 Å². The molecule has 0 aliphatic heterocycles. The van der Waals surface area contributed by atoms with Crippen molar-refractivity contribution in [3.8, 4) is 51.0 Å². The maximum absolute atomic E-state index is 6.79. The van der Waals surface area contributed by atoms with Crippen LogP contribution in [0.1, 0.15) is 0 Å². The molecule has 0 atom stereocenters. The third kappa shape index (κ3) is 5.38. The van der Waals surface area contributed by atoms with E-state index in [-0.39, 0.29) is 0 Å². The van der Waals surface area contributed by atoms with Crippen LogP contribution in [0.4, 0.5) is 0 Å². The van der Waals surface area contributed by atoms with Crippen LogP contribution in [0.5, 0.6) is 0 Å². The SMILES string of the molecule is c1ccc(-c2ccc(-c3nc(-c4cc(-n5c6cc7ccccc7cc6c6ccc7ccccc7c65)c5c(c4)oc4ccccc45)nc(-c4cccc5ccccc45)n3)cc2)cc1. The van der Waals surface area contributed by atoms with E-state index in [1.54, 1.807) is 0 Å². The fraction of sp³-hybridized carbons (Fsp3) is 0. The highest BCUT2D eigenvalue weighted by Gasteiger charge is 2.23. The molecular weight excluding hydrogens is 757 g/mol. The highest BCUT2D eigenvalue weighted by atomic mass is 16.3. The van der Waals surface area contributed by atoms with E-state index in [1.165, 1.54) is 32.3 Å². The molecule has 0 saturated carbocycles. The van der Waals surface area contributed by atoms with Gasteiger partial charge in [0.1, 0.15) is 11.2 Å². The van der Waals surface area contributed by atoms with Crippen molar-refractivity contribution in [3.63, 3.8) is 0 Å². The average molecular weight is 791 g/mol. The van der Waals surface area contributed by atoms with Crippen LogP contribution in [-0.4, -0.2) is 19.5 Å². The summed E-state index contributed by atoms with van der Waals surface area (Å²) < 4.78 is 9.24. The van der Waals surface area contributed by atoms with Crippen molar-refractivity contribution >= 4 is 76.1 Å². The average Bonchev–Trinajstić information content (AvgIpc) is 3.88. The van der Waals surface area contributed by atoms with Crippen LogP contribution in [0.25, 0.3) is 127 Å². The first-order valence-electron chi connectivity index (χ1n) is 20.9. The first-order valence-corrected chi connectivity index (χ1v) is 20.9. The molecule has 0 amide bonds. The van der Waals surface area contributed by atoms with E-state index < -0.39 is 0 Å². The zero-order valence-corrected chi connectivity index (χ0v) is 33.3. The number of para-hydroxylation sites is 1. The standard InChI is InChI=1S/C57H34N4O/c1-2-13-35(14-3-1)36-25-27-39(28-26-36)55-58-56(60-57(59-55)46-23-12-19-37-15-6-8-20-43(37)46)42-33-50(53-47-22-10-11-24-51(47)62-52(53)34-42)61-49-32-41-18-5-4-17-40(41)31-48(49)45-30-29-38-16-7-9-21-44(38)54(45)61/h1-34H. The highest BCUT2D eigenvalue weighted by Crippen LogP contribution is 2.44. The molecule has 13 rings (SSSR count). The second-order valence-corrected chi connectivity index (χ2v) is 16.0. The number of aromatic nitrogens is 4. The molecule has 13 aromatic rings. The van der Waals surface area contributed by atoms with Gasteiger partial charge in [-0.3, -0.25) is 0 Å². The zero-order chi connectivity index (χ0) is 40.7. The van der Waals surface area contributed by atoms with Gasteiger partial charge in [-0.05, 0) is 68.4 Å². The lowest BCUT2D eigenvalue weighted by atomic mass is 10.0. The van der Waals surface area contributed by atoms with E-state index in [0.29, 0.717) is 17.5 Å². The maximum Gasteiger partial charge on any atom is 0.164 e. The summed E-state index contributed by atoms with van der Waals surface area (Å²) in [7, 11) is 0.